The van der Waals surface area contributed by atoms with Gasteiger partial charge in [-0.25, -0.2) is 4.98 Å². The van der Waals surface area contributed by atoms with Crippen LogP contribution in [-0.2, 0) is 4.79 Å². The van der Waals surface area contributed by atoms with Crippen molar-refractivity contribution in [2.45, 2.75) is 6.18 Å². The first-order chi connectivity index (χ1) is 6.80. The molecule has 0 aromatic carbocycles. The van der Waals surface area contributed by atoms with E-state index < -0.39 is 12.1 Å². The SMILES string of the molecule is O=C(Nc1ncc(Br)cc1I)C(F)(F)F. The van der Waals surface area contributed by atoms with Gasteiger partial charge in [0.2, 0.25) is 0 Å². The Morgan fingerprint density at radius 1 is 1.53 bits per heavy atom. The maximum absolute atomic E-state index is 11.9. The van der Waals surface area contributed by atoms with Gasteiger partial charge in [-0.2, -0.15) is 13.2 Å². The van der Waals surface area contributed by atoms with Crippen LogP contribution in [0.25, 0.3) is 0 Å². The van der Waals surface area contributed by atoms with Gasteiger partial charge in [-0.05, 0) is 44.6 Å². The molecule has 1 amide bonds. The smallest absolute Gasteiger partial charge is 0.302 e. The molecule has 0 radical (unpaired) electrons. The van der Waals surface area contributed by atoms with Crippen molar-refractivity contribution in [2.24, 2.45) is 0 Å². The van der Waals surface area contributed by atoms with Crippen molar-refractivity contribution in [1.82, 2.24) is 4.98 Å². The quantitative estimate of drug-likeness (QED) is 0.744. The molecule has 8 heteroatoms. The number of halogens is 5. The van der Waals surface area contributed by atoms with E-state index >= 15 is 0 Å². The standard InChI is InChI=1S/C7H3BrF3IN2O/c8-3-1-4(12)5(13-2-3)14-6(15)7(9,10)11/h1-2H,(H,13,14,15). The van der Waals surface area contributed by atoms with Crippen molar-refractivity contribution in [1.29, 1.82) is 0 Å². The molecule has 0 saturated heterocycles. The fourth-order valence-electron chi connectivity index (χ4n) is 0.685. The minimum atomic E-state index is -4.90. The van der Waals surface area contributed by atoms with Crippen LogP contribution >= 0.6 is 38.5 Å². The van der Waals surface area contributed by atoms with E-state index in [1.54, 1.807) is 34.0 Å². The molecular formula is C7H3BrF3IN2O. The van der Waals surface area contributed by atoms with Crippen LogP contribution in [0.3, 0.4) is 0 Å². The second-order valence-corrected chi connectivity index (χ2v) is 4.51. The molecule has 0 saturated carbocycles. The van der Waals surface area contributed by atoms with E-state index in [0.717, 1.165) is 0 Å². The number of hydrogen-bond acceptors (Lipinski definition) is 2. The molecule has 15 heavy (non-hydrogen) atoms. The minimum Gasteiger partial charge on any atom is -0.302 e. The zero-order chi connectivity index (χ0) is 11.6. The molecule has 0 unspecified atom stereocenters. The largest absolute Gasteiger partial charge is 0.471 e. The zero-order valence-corrected chi connectivity index (χ0v) is 10.6. The van der Waals surface area contributed by atoms with Gasteiger partial charge in [0, 0.05) is 10.7 Å². The summed E-state index contributed by atoms with van der Waals surface area (Å²) < 4.78 is 36.7. The lowest BCUT2D eigenvalue weighted by molar-refractivity contribution is -0.167. The lowest BCUT2D eigenvalue weighted by Gasteiger charge is -2.08. The maximum atomic E-state index is 11.9. The molecule has 0 bridgehead atoms. The Hall–Kier alpha value is -0.380. The van der Waals surface area contributed by atoms with E-state index in [1.165, 1.54) is 6.20 Å². The molecule has 0 spiro atoms. The van der Waals surface area contributed by atoms with Crippen LogP contribution in [0.1, 0.15) is 0 Å². The van der Waals surface area contributed by atoms with Crippen LogP contribution in [0.5, 0.6) is 0 Å². The molecule has 0 atom stereocenters. The van der Waals surface area contributed by atoms with Crippen LogP contribution in [0.15, 0.2) is 16.7 Å². The Balaban J connectivity index is 2.87. The number of nitrogens with zero attached hydrogens (tertiary/aromatic N) is 1. The van der Waals surface area contributed by atoms with Crippen molar-refractivity contribution in [3.63, 3.8) is 0 Å². The highest BCUT2D eigenvalue weighted by atomic mass is 127. The summed E-state index contributed by atoms with van der Waals surface area (Å²) in [6, 6.07) is 1.54. The number of hydrogen-bond donors (Lipinski definition) is 1. The summed E-state index contributed by atoms with van der Waals surface area (Å²) in [4.78, 5) is 14.2. The number of anilines is 1. The maximum Gasteiger partial charge on any atom is 0.471 e. The van der Waals surface area contributed by atoms with Crippen LogP contribution in [0.2, 0.25) is 0 Å². The average Bonchev–Trinajstić information content (AvgIpc) is 2.08. The lowest BCUT2D eigenvalue weighted by atomic mass is 10.4. The van der Waals surface area contributed by atoms with Gasteiger partial charge < -0.3 is 5.32 Å². The van der Waals surface area contributed by atoms with Gasteiger partial charge in [0.1, 0.15) is 5.82 Å². The molecule has 1 aromatic rings. The first-order valence-corrected chi connectivity index (χ1v) is 5.37. The van der Waals surface area contributed by atoms with Gasteiger partial charge in [-0.1, -0.05) is 0 Å². The van der Waals surface area contributed by atoms with Crippen molar-refractivity contribution in [3.05, 3.63) is 20.3 Å². The molecule has 1 aromatic heterocycles. The van der Waals surface area contributed by atoms with Gasteiger partial charge in [0.05, 0.1) is 3.57 Å². The summed E-state index contributed by atoms with van der Waals surface area (Å²) in [6.07, 6.45) is -3.61. The van der Waals surface area contributed by atoms with Gasteiger partial charge in [-0.15, -0.1) is 0 Å². The average molecular weight is 395 g/mol. The first-order valence-electron chi connectivity index (χ1n) is 3.50. The molecule has 0 aliphatic carbocycles. The topological polar surface area (TPSA) is 42.0 Å². The molecule has 0 fully saturated rings. The summed E-state index contributed by atoms with van der Waals surface area (Å²) in [5.74, 6) is -2.14. The fraction of sp³-hybridized carbons (Fsp3) is 0.143. The molecule has 1 heterocycles. The summed E-state index contributed by atoms with van der Waals surface area (Å²) in [6.45, 7) is 0. The molecule has 1 N–H and O–H groups in total. The minimum absolute atomic E-state index is 0.110. The number of rotatable bonds is 1. The highest BCUT2D eigenvalue weighted by molar-refractivity contribution is 14.1. The van der Waals surface area contributed by atoms with Crippen LogP contribution in [0, 0.1) is 3.57 Å². The molecular weight excluding hydrogens is 392 g/mol. The summed E-state index contributed by atoms with van der Waals surface area (Å²) >= 11 is 4.87. The Morgan fingerprint density at radius 3 is 2.60 bits per heavy atom. The molecule has 0 aliphatic rings. The number of alkyl halides is 3. The molecule has 3 nitrogen and oxygen atoms in total. The van der Waals surface area contributed by atoms with Gasteiger partial charge >= 0.3 is 12.1 Å². The number of carbonyl (C=O) groups excluding carboxylic acids is 1. The van der Waals surface area contributed by atoms with Gasteiger partial charge in [-0.3, -0.25) is 4.79 Å². The predicted molar refractivity (Wildman–Crippen MR) is 59.3 cm³/mol. The van der Waals surface area contributed by atoms with Crippen LogP contribution < -0.4 is 5.32 Å². The van der Waals surface area contributed by atoms with Crippen molar-refractivity contribution >= 4 is 50.2 Å². The summed E-state index contributed by atoms with van der Waals surface area (Å²) in [7, 11) is 0. The van der Waals surface area contributed by atoms with Crippen molar-refractivity contribution < 1.29 is 18.0 Å². The van der Waals surface area contributed by atoms with Crippen LogP contribution in [0.4, 0.5) is 19.0 Å². The Labute approximate surface area is 105 Å². The van der Waals surface area contributed by atoms with E-state index in [4.69, 9.17) is 0 Å². The van der Waals surface area contributed by atoms with Crippen LogP contribution in [-0.4, -0.2) is 17.1 Å². The van der Waals surface area contributed by atoms with E-state index in [0.29, 0.717) is 8.04 Å². The van der Waals surface area contributed by atoms with Gasteiger partial charge in [0.25, 0.3) is 0 Å². The second kappa shape index (κ2) is 4.64. The van der Waals surface area contributed by atoms with Crippen molar-refractivity contribution in [3.8, 4) is 0 Å². The predicted octanol–water partition coefficient (Wildman–Crippen LogP) is 2.95. The molecule has 1 rings (SSSR count). The molecule has 82 valence electrons. The summed E-state index contributed by atoms with van der Waals surface area (Å²) in [5, 5.41) is 1.67. The Bertz CT molecular complexity index is 396. The van der Waals surface area contributed by atoms with E-state index in [2.05, 4.69) is 20.9 Å². The third kappa shape index (κ3) is 3.59. The normalized spacial score (nSPS) is 11.3. The number of aromatic nitrogens is 1. The monoisotopic (exact) mass is 394 g/mol. The number of carbonyl (C=O) groups is 1. The molecule has 0 aliphatic heterocycles. The number of pyridine rings is 1. The van der Waals surface area contributed by atoms with Gasteiger partial charge in [0.15, 0.2) is 0 Å². The highest BCUT2D eigenvalue weighted by Gasteiger charge is 2.39. The third-order valence-corrected chi connectivity index (χ3v) is 2.55. The Morgan fingerprint density at radius 2 is 2.13 bits per heavy atom. The van der Waals surface area contributed by atoms with Crippen molar-refractivity contribution in [2.75, 3.05) is 5.32 Å². The van der Waals surface area contributed by atoms with E-state index in [9.17, 15) is 18.0 Å². The summed E-state index contributed by atoms with van der Waals surface area (Å²) in [5.41, 5.74) is 0. The van der Waals surface area contributed by atoms with E-state index in [-0.39, 0.29) is 5.82 Å². The highest BCUT2D eigenvalue weighted by Crippen LogP contribution is 2.22. The third-order valence-electron chi connectivity index (χ3n) is 1.30. The second-order valence-electron chi connectivity index (χ2n) is 2.44. The zero-order valence-electron chi connectivity index (χ0n) is 6.90. The van der Waals surface area contributed by atoms with E-state index in [1.807, 2.05) is 0 Å². The number of amides is 1. The fourth-order valence-corrected chi connectivity index (χ4v) is 2.05. The number of nitrogens with one attached hydrogen (secondary N) is 1. The first kappa shape index (κ1) is 12.7. The lowest BCUT2D eigenvalue weighted by Crippen LogP contribution is -2.30. The Kier molecular flexibility index (Phi) is 3.93.